The lowest BCUT2D eigenvalue weighted by molar-refractivity contribution is -0.118. The fourth-order valence-electron chi connectivity index (χ4n) is 3.04. The second-order valence-electron chi connectivity index (χ2n) is 5.99. The lowest BCUT2D eigenvalue weighted by Crippen LogP contribution is -2.36. The van der Waals surface area contributed by atoms with E-state index in [4.69, 9.17) is 16.3 Å². The van der Waals surface area contributed by atoms with E-state index in [1.54, 1.807) is 30.5 Å². The minimum atomic E-state index is -0.900. The molecule has 142 valence electrons. The monoisotopic (exact) mass is 416 g/mol. The Balaban J connectivity index is 2.02. The van der Waals surface area contributed by atoms with Crippen LogP contribution in [-0.2, 0) is 4.79 Å². The van der Waals surface area contributed by atoms with E-state index in [1.165, 1.54) is 41.8 Å². The van der Waals surface area contributed by atoms with Crippen LogP contribution >= 0.6 is 23.4 Å². The summed E-state index contributed by atoms with van der Waals surface area (Å²) in [5, 5.41) is 9.04. The van der Waals surface area contributed by atoms with E-state index in [0.29, 0.717) is 27.0 Å². The fourth-order valence-corrected chi connectivity index (χ4v) is 3.57. The van der Waals surface area contributed by atoms with Crippen LogP contribution in [-0.4, -0.2) is 27.3 Å². The molecule has 1 amide bonds. The van der Waals surface area contributed by atoms with Gasteiger partial charge in [0.2, 0.25) is 23.2 Å². The number of fused-ring (bicyclic) bond motifs is 3. The van der Waals surface area contributed by atoms with Gasteiger partial charge in [-0.05, 0) is 30.5 Å². The molecule has 28 heavy (non-hydrogen) atoms. The average molecular weight is 417 g/mol. The molecule has 0 N–H and O–H groups in total. The number of thioether (sulfide) groups is 1. The minimum absolute atomic E-state index is 0.153. The molecule has 2 heterocycles. The van der Waals surface area contributed by atoms with Crippen LogP contribution in [0.2, 0.25) is 5.02 Å². The van der Waals surface area contributed by atoms with Crippen LogP contribution in [0.1, 0.15) is 18.7 Å². The molecular weight excluding hydrogens is 403 g/mol. The number of hydrogen-bond acceptors (Lipinski definition) is 6. The summed E-state index contributed by atoms with van der Waals surface area (Å²) in [6.07, 6.45) is 0.907. The van der Waals surface area contributed by atoms with Gasteiger partial charge in [0.15, 0.2) is 5.69 Å². The number of amides is 1. The zero-order valence-corrected chi connectivity index (χ0v) is 16.5. The third-order valence-corrected chi connectivity index (χ3v) is 5.14. The molecule has 6 nitrogen and oxygen atoms in total. The molecule has 0 radical (unpaired) electrons. The molecule has 1 aromatic heterocycles. The highest BCUT2D eigenvalue weighted by atomic mass is 35.5. The highest BCUT2D eigenvalue weighted by Crippen LogP contribution is 2.44. The van der Waals surface area contributed by atoms with Crippen molar-refractivity contribution in [3.05, 3.63) is 58.9 Å². The molecule has 9 heteroatoms. The standard InChI is InChI=1S/C19H14ClFN4O2S/c1-10(26)25-15-8-7-11(21)9-13(15)16-17(22-19(28-2)24-23-16)27-18(25)12-5-3-4-6-14(12)20/h3-9,18H,1-2H3/t18-/m1/s1. The Morgan fingerprint density at radius 3 is 2.75 bits per heavy atom. The first-order valence-electron chi connectivity index (χ1n) is 8.29. The Kier molecular flexibility index (Phi) is 4.91. The van der Waals surface area contributed by atoms with E-state index in [2.05, 4.69) is 15.2 Å². The first-order chi connectivity index (χ1) is 13.5. The third kappa shape index (κ3) is 3.18. The number of aromatic nitrogens is 3. The highest BCUT2D eigenvalue weighted by Gasteiger charge is 2.35. The third-order valence-electron chi connectivity index (χ3n) is 4.26. The molecular formula is C19H14ClFN4O2S. The van der Waals surface area contributed by atoms with E-state index in [0.717, 1.165) is 0 Å². The molecule has 4 rings (SSSR count). The molecule has 0 fully saturated rings. The summed E-state index contributed by atoms with van der Waals surface area (Å²) in [4.78, 5) is 18.4. The average Bonchev–Trinajstić information content (AvgIpc) is 2.82. The summed E-state index contributed by atoms with van der Waals surface area (Å²) in [5.74, 6) is -0.622. The first-order valence-corrected chi connectivity index (χ1v) is 9.89. The van der Waals surface area contributed by atoms with Gasteiger partial charge in [-0.2, -0.15) is 4.98 Å². The van der Waals surface area contributed by atoms with Gasteiger partial charge < -0.3 is 4.74 Å². The number of carbonyl (C=O) groups is 1. The Hall–Kier alpha value is -2.71. The van der Waals surface area contributed by atoms with Crippen LogP contribution in [0.5, 0.6) is 5.88 Å². The fraction of sp³-hybridized carbons (Fsp3) is 0.158. The molecule has 2 aromatic carbocycles. The number of ether oxygens (including phenoxy) is 1. The van der Waals surface area contributed by atoms with E-state index < -0.39 is 12.0 Å². The van der Waals surface area contributed by atoms with Crippen LogP contribution < -0.4 is 9.64 Å². The zero-order valence-electron chi connectivity index (χ0n) is 14.9. The Bertz CT molecular complexity index is 1080. The van der Waals surface area contributed by atoms with Gasteiger partial charge in [0.25, 0.3) is 0 Å². The van der Waals surface area contributed by atoms with Crippen molar-refractivity contribution in [1.29, 1.82) is 0 Å². The zero-order chi connectivity index (χ0) is 19.8. The molecule has 0 saturated carbocycles. The molecule has 0 bridgehead atoms. The predicted octanol–water partition coefficient (Wildman–Crippen LogP) is 4.50. The molecule has 0 unspecified atom stereocenters. The molecule has 0 aliphatic carbocycles. The number of benzene rings is 2. The second kappa shape index (κ2) is 7.37. The lowest BCUT2D eigenvalue weighted by Gasteiger charge is -2.30. The van der Waals surface area contributed by atoms with E-state index in [1.807, 2.05) is 0 Å². The topological polar surface area (TPSA) is 68.2 Å². The summed E-state index contributed by atoms with van der Waals surface area (Å²) in [5.41, 5.74) is 1.64. The normalized spacial score (nSPS) is 15.3. The van der Waals surface area contributed by atoms with Gasteiger partial charge in [-0.25, -0.2) is 4.39 Å². The van der Waals surface area contributed by atoms with Crippen molar-refractivity contribution in [3.63, 3.8) is 0 Å². The van der Waals surface area contributed by atoms with Gasteiger partial charge in [0.1, 0.15) is 5.82 Å². The molecule has 1 aliphatic heterocycles. The maximum atomic E-state index is 14.0. The van der Waals surface area contributed by atoms with Crippen LogP contribution in [0.15, 0.2) is 47.6 Å². The largest absolute Gasteiger partial charge is 0.447 e. The Labute approximate surface area is 169 Å². The van der Waals surface area contributed by atoms with Crippen molar-refractivity contribution in [3.8, 4) is 17.1 Å². The second-order valence-corrected chi connectivity index (χ2v) is 7.18. The van der Waals surface area contributed by atoms with Crippen LogP contribution in [0.25, 0.3) is 11.3 Å². The minimum Gasteiger partial charge on any atom is -0.447 e. The van der Waals surface area contributed by atoms with Crippen molar-refractivity contribution in [2.45, 2.75) is 18.3 Å². The summed E-state index contributed by atoms with van der Waals surface area (Å²) in [7, 11) is 0. The van der Waals surface area contributed by atoms with Crippen molar-refractivity contribution in [2.75, 3.05) is 11.2 Å². The summed E-state index contributed by atoms with van der Waals surface area (Å²) in [6, 6.07) is 11.1. The van der Waals surface area contributed by atoms with Crippen LogP contribution in [0.3, 0.4) is 0 Å². The van der Waals surface area contributed by atoms with Gasteiger partial charge in [-0.1, -0.05) is 41.6 Å². The smallest absolute Gasteiger partial charge is 0.247 e. The van der Waals surface area contributed by atoms with Gasteiger partial charge in [-0.3, -0.25) is 9.69 Å². The molecule has 0 spiro atoms. The predicted molar refractivity (Wildman–Crippen MR) is 105 cm³/mol. The SMILES string of the molecule is CSc1nnc2c(n1)O[C@H](c1ccccc1Cl)N(C(C)=O)c1ccc(F)cc1-2. The maximum absolute atomic E-state index is 14.0. The molecule has 0 saturated heterocycles. The van der Waals surface area contributed by atoms with E-state index in [-0.39, 0.29) is 17.5 Å². The number of nitrogens with zero attached hydrogens (tertiary/aromatic N) is 4. The lowest BCUT2D eigenvalue weighted by atomic mass is 10.1. The van der Waals surface area contributed by atoms with Gasteiger partial charge in [-0.15, -0.1) is 10.2 Å². The number of halogens is 2. The van der Waals surface area contributed by atoms with Crippen molar-refractivity contribution < 1.29 is 13.9 Å². The summed E-state index contributed by atoms with van der Waals surface area (Å²) < 4.78 is 20.2. The van der Waals surface area contributed by atoms with Gasteiger partial charge in [0, 0.05) is 23.1 Å². The number of rotatable bonds is 2. The van der Waals surface area contributed by atoms with Crippen LogP contribution in [0.4, 0.5) is 10.1 Å². The number of anilines is 1. The number of carbonyl (C=O) groups excluding carboxylic acids is 1. The molecule has 1 aliphatic rings. The van der Waals surface area contributed by atoms with Crippen molar-refractivity contribution >= 4 is 35.0 Å². The Morgan fingerprint density at radius 2 is 2.04 bits per heavy atom. The number of hydrogen-bond donors (Lipinski definition) is 0. The van der Waals surface area contributed by atoms with Crippen LogP contribution in [0, 0.1) is 5.82 Å². The van der Waals surface area contributed by atoms with Crippen molar-refractivity contribution in [1.82, 2.24) is 15.2 Å². The van der Waals surface area contributed by atoms with E-state index >= 15 is 0 Å². The Morgan fingerprint density at radius 1 is 1.25 bits per heavy atom. The quantitative estimate of drug-likeness (QED) is 0.573. The molecule has 1 atom stereocenters. The van der Waals surface area contributed by atoms with Crippen molar-refractivity contribution in [2.24, 2.45) is 0 Å². The van der Waals surface area contributed by atoms with Gasteiger partial charge >= 0.3 is 0 Å². The first kappa shape index (κ1) is 18.6. The maximum Gasteiger partial charge on any atom is 0.247 e. The van der Waals surface area contributed by atoms with E-state index in [9.17, 15) is 9.18 Å². The summed E-state index contributed by atoms with van der Waals surface area (Å²) in [6.45, 7) is 1.41. The molecule has 3 aromatic rings. The summed E-state index contributed by atoms with van der Waals surface area (Å²) >= 11 is 7.68. The van der Waals surface area contributed by atoms with Gasteiger partial charge in [0.05, 0.1) is 5.69 Å². The highest BCUT2D eigenvalue weighted by molar-refractivity contribution is 7.98.